The average molecular weight is 348 g/mol. The van der Waals surface area contributed by atoms with Crippen molar-refractivity contribution in [2.24, 2.45) is 0 Å². The molecule has 26 heavy (non-hydrogen) atoms. The molecule has 2 aliphatic rings. The van der Waals surface area contributed by atoms with Crippen LogP contribution in [0.5, 0.6) is 0 Å². The molecule has 1 aliphatic heterocycles. The molecule has 1 fully saturated rings. The summed E-state index contributed by atoms with van der Waals surface area (Å²) in [4.78, 5) is 15.0. The van der Waals surface area contributed by atoms with Crippen LogP contribution in [0, 0.1) is 0 Å². The summed E-state index contributed by atoms with van der Waals surface area (Å²) in [6.45, 7) is 4.23. The molecule has 1 N–H and O–H groups in total. The largest absolute Gasteiger partial charge is 0.352 e. The Labute approximate surface area is 156 Å². The van der Waals surface area contributed by atoms with Gasteiger partial charge in [0, 0.05) is 25.2 Å². The molecule has 0 spiro atoms. The van der Waals surface area contributed by atoms with Gasteiger partial charge in [-0.15, -0.1) is 0 Å². The summed E-state index contributed by atoms with van der Waals surface area (Å²) in [5.74, 6) is 0.155. The number of carbonyl (C=O) groups excluding carboxylic acids is 1. The molecule has 1 saturated heterocycles. The lowest BCUT2D eigenvalue weighted by Gasteiger charge is -2.24. The van der Waals surface area contributed by atoms with E-state index in [4.69, 9.17) is 0 Å². The number of hydrogen-bond donors (Lipinski definition) is 1. The van der Waals surface area contributed by atoms with Crippen molar-refractivity contribution >= 4 is 5.91 Å². The van der Waals surface area contributed by atoms with E-state index in [0.29, 0.717) is 12.5 Å². The maximum absolute atomic E-state index is 12.5. The van der Waals surface area contributed by atoms with Crippen LogP contribution in [0.4, 0.5) is 0 Å². The van der Waals surface area contributed by atoms with Gasteiger partial charge in [0.05, 0.1) is 6.42 Å². The first-order chi connectivity index (χ1) is 12.7. The number of nitrogens with one attached hydrogen (secondary N) is 1. The average Bonchev–Trinajstić information content (AvgIpc) is 3.30. The van der Waals surface area contributed by atoms with Crippen molar-refractivity contribution in [3.63, 3.8) is 0 Å². The molecule has 136 valence electrons. The summed E-state index contributed by atoms with van der Waals surface area (Å²) >= 11 is 0. The summed E-state index contributed by atoms with van der Waals surface area (Å²) in [6.07, 6.45) is 5.15. The topological polar surface area (TPSA) is 32.3 Å². The van der Waals surface area contributed by atoms with Crippen molar-refractivity contribution in [3.8, 4) is 0 Å². The Bertz CT molecular complexity index is 771. The van der Waals surface area contributed by atoms with Gasteiger partial charge in [-0.1, -0.05) is 48.5 Å². The highest BCUT2D eigenvalue weighted by Crippen LogP contribution is 2.25. The van der Waals surface area contributed by atoms with Crippen LogP contribution in [-0.2, 0) is 24.1 Å². The van der Waals surface area contributed by atoms with E-state index in [1.54, 1.807) is 0 Å². The Hall–Kier alpha value is -2.13. The van der Waals surface area contributed by atoms with Crippen LogP contribution in [0.2, 0.25) is 0 Å². The van der Waals surface area contributed by atoms with E-state index in [-0.39, 0.29) is 11.9 Å². The number of carbonyl (C=O) groups is 1. The zero-order valence-corrected chi connectivity index (χ0v) is 15.6. The van der Waals surface area contributed by atoms with Crippen molar-refractivity contribution in [1.29, 1.82) is 0 Å². The van der Waals surface area contributed by atoms with Crippen LogP contribution in [0.15, 0.2) is 48.5 Å². The van der Waals surface area contributed by atoms with E-state index in [9.17, 15) is 4.79 Å². The fourth-order valence-corrected chi connectivity index (χ4v) is 4.40. The molecular formula is C23H28N2O. The Morgan fingerprint density at radius 1 is 1.15 bits per heavy atom. The van der Waals surface area contributed by atoms with Gasteiger partial charge < -0.3 is 5.32 Å². The van der Waals surface area contributed by atoms with Crippen LogP contribution in [0.1, 0.15) is 48.1 Å². The number of fused-ring (bicyclic) bond motifs is 1. The molecule has 3 nitrogen and oxygen atoms in total. The van der Waals surface area contributed by atoms with Gasteiger partial charge in [-0.3, -0.25) is 9.69 Å². The van der Waals surface area contributed by atoms with Gasteiger partial charge in [0.25, 0.3) is 0 Å². The lowest BCUT2D eigenvalue weighted by Crippen LogP contribution is -2.38. The molecule has 1 heterocycles. The van der Waals surface area contributed by atoms with Gasteiger partial charge in [-0.2, -0.15) is 0 Å². The third-order valence-corrected chi connectivity index (χ3v) is 5.94. The summed E-state index contributed by atoms with van der Waals surface area (Å²) in [7, 11) is 0. The minimum atomic E-state index is 0.155. The molecule has 0 aromatic heterocycles. The van der Waals surface area contributed by atoms with Gasteiger partial charge >= 0.3 is 0 Å². The van der Waals surface area contributed by atoms with E-state index in [1.165, 1.54) is 36.0 Å². The molecule has 2 aromatic rings. The predicted molar refractivity (Wildman–Crippen MR) is 105 cm³/mol. The van der Waals surface area contributed by atoms with Gasteiger partial charge in [0.1, 0.15) is 0 Å². The summed E-state index contributed by atoms with van der Waals surface area (Å²) in [6, 6.07) is 17.9. The lowest BCUT2D eigenvalue weighted by atomic mass is 10.0. The fraction of sp³-hybridized carbons (Fsp3) is 0.435. The zero-order valence-electron chi connectivity index (χ0n) is 15.6. The maximum atomic E-state index is 12.5. The standard InChI is InChI=1S/C23H28N2O/c1-17(19-6-3-2-4-7-19)25-13-12-22(16-25)24-23(26)15-18-10-11-20-8-5-9-21(20)14-18/h2-4,6-7,10-11,14,17,22H,5,8-9,12-13,15-16H2,1H3,(H,24,26)/t17-,22-/m0/s1. The normalized spacial score (nSPS) is 20.7. The Morgan fingerprint density at radius 3 is 2.81 bits per heavy atom. The highest BCUT2D eigenvalue weighted by atomic mass is 16.1. The number of amides is 1. The minimum Gasteiger partial charge on any atom is -0.352 e. The zero-order chi connectivity index (χ0) is 17.9. The third-order valence-electron chi connectivity index (χ3n) is 5.94. The second kappa shape index (κ2) is 7.63. The van der Waals surface area contributed by atoms with Crippen molar-refractivity contribution in [2.75, 3.05) is 13.1 Å². The molecule has 0 saturated carbocycles. The summed E-state index contributed by atoms with van der Waals surface area (Å²) in [5, 5.41) is 3.25. The van der Waals surface area contributed by atoms with Crippen LogP contribution in [0.25, 0.3) is 0 Å². The third kappa shape index (κ3) is 3.83. The molecule has 3 heteroatoms. The second-order valence-corrected chi connectivity index (χ2v) is 7.77. The SMILES string of the molecule is C[C@@H](c1ccccc1)N1CC[C@H](NC(=O)Cc2ccc3c(c2)CCC3)C1. The monoisotopic (exact) mass is 348 g/mol. The Kier molecular flexibility index (Phi) is 5.07. The van der Waals surface area contributed by atoms with Crippen molar-refractivity contribution in [1.82, 2.24) is 10.2 Å². The van der Waals surface area contributed by atoms with Crippen molar-refractivity contribution in [3.05, 3.63) is 70.8 Å². The lowest BCUT2D eigenvalue weighted by molar-refractivity contribution is -0.121. The first-order valence-corrected chi connectivity index (χ1v) is 9.88. The number of rotatable bonds is 5. The Morgan fingerprint density at radius 2 is 1.96 bits per heavy atom. The number of benzene rings is 2. The van der Waals surface area contributed by atoms with Crippen molar-refractivity contribution < 1.29 is 4.79 Å². The van der Waals surface area contributed by atoms with E-state index < -0.39 is 0 Å². The minimum absolute atomic E-state index is 0.155. The van der Waals surface area contributed by atoms with Gasteiger partial charge in [-0.05, 0) is 54.9 Å². The summed E-state index contributed by atoms with van der Waals surface area (Å²) < 4.78 is 0. The second-order valence-electron chi connectivity index (χ2n) is 7.77. The molecule has 0 radical (unpaired) electrons. The quantitative estimate of drug-likeness (QED) is 0.894. The molecule has 0 bridgehead atoms. The predicted octanol–water partition coefficient (Wildman–Crippen LogP) is 3.67. The van der Waals surface area contributed by atoms with Crippen molar-refractivity contribution in [2.45, 2.75) is 51.1 Å². The van der Waals surface area contributed by atoms with Gasteiger partial charge in [0.15, 0.2) is 0 Å². The molecular weight excluding hydrogens is 320 g/mol. The number of aryl methyl sites for hydroxylation is 2. The molecule has 1 amide bonds. The molecule has 4 rings (SSSR count). The number of nitrogens with zero attached hydrogens (tertiary/aromatic N) is 1. The van der Waals surface area contributed by atoms with E-state index in [0.717, 1.165) is 25.1 Å². The first kappa shape index (κ1) is 17.3. The van der Waals surface area contributed by atoms with Gasteiger partial charge in [0.2, 0.25) is 5.91 Å². The van der Waals surface area contributed by atoms with Gasteiger partial charge in [-0.25, -0.2) is 0 Å². The molecule has 2 aromatic carbocycles. The number of hydrogen-bond acceptors (Lipinski definition) is 2. The highest BCUT2D eigenvalue weighted by Gasteiger charge is 2.27. The van der Waals surface area contributed by atoms with E-state index in [2.05, 4.69) is 65.7 Å². The van der Waals surface area contributed by atoms with Crippen LogP contribution >= 0.6 is 0 Å². The molecule has 1 aliphatic carbocycles. The molecule has 2 atom stereocenters. The molecule has 0 unspecified atom stereocenters. The Balaban J connectivity index is 1.30. The highest BCUT2D eigenvalue weighted by molar-refractivity contribution is 5.79. The fourth-order valence-electron chi connectivity index (χ4n) is 4.40. The smallest absolute Gasteiger partial charge is 0.224 e. The van der Waals surface area contributed by atoms with Crippen LogP contribution in [0.3, 0.4) is 0 Å². The van der Waals surface area contributed by atoms with Crippen LogP contribution < -0.4 is 5.32 Å². The van der Waals surface area contributed by atoms with E-state index >= 15 is 0 Å². The summed E-state index contributed by atoms with van der Waals surface area (Å²) in [5.41, 5.74) is 5.41. The van der Waals surface area contributed by atoms with Crippen LogP contribution in [-0.4, -0.2) is 29.9 Å². The first-order valence-electron chi connectivity index (χ1n) is 9.88. The number of likely N-dealkylation sites (tertiary alicyclic amines) is 1. The van der Waals surface area contributed by atoms with E-state index in [1.807, 2.05) is 0 Å². The maximum Gasteiger partial charge on any atom is 0.224 e.